The number of piperidine rings is 1. The van der Waals surface area contributed by atoms with Gasteiger partial charge in [0.15, 0.2) is 5.76 Å². The summed E-state index contributed by atoms with van der Waals surface area (Å²) in [6, 6.07) is 4.14. The van der Waals surface area contributed by atoms with Gasteiger partial charge in [-0.05, 0) is 18.9 Å². The van der Waals surface area contributed by atoms with Crippen LogP contribution in [0.3, 0.4) is 0 Å². The molecular weight excluding hydrogens is 304 g/mol. The number of rotatable bonds is 4. The van der Waals surface area contributed by atoms with E-state index in [2.05, 4.69) is 9.97 Å². The van der Waals surface area contributed by atoms with Crippen LogP contribution in [0.2, 0.25) is 0 Å². The molecule has 1 amide bonds. The Labute approximate surface area is 131 Å². The number of aromatic nitrogens is 2. The minimum Gasteiger partial charge on any atom is -0.472 e. The van der Waals surface area contributed by atoms with Gasteiger partial charge in [0.25, 0.3) is 5.91 Å². The molecule has 0 radical (unpaired) electrons. The molecule has 2 aromatic rings. The molecule has 1 aliphatic heterocycles. The van der Waals surface area contributed by atoms with Gasteiger partial charge in [0.1, 0.15) is 17.4 Å². The first-order valence-electron chi connectivity index (χ1n) is 7.09. The average molecular weight is 318 g/mol. The third-order valence-corrected chi connectivity index (χ3v) is 3.49. The fourth-order valence-electron chi connectivity index (χ4n) is 2.43. The van der Waals surface area contributed by atoms with Crippen LogP contribution in [0.15, 0.2) is 35.1 Å². The van der Waals surface area contributed by atoms with Crippen molar-refractivity contribution in [1.29, 1.82) is 0 Å². The Balaban J connectivity index is 1.65. The molecule has 1 saturated heterocycles. The quantitative estimate of drug-likeness (QED) is 0.622. The van der Waals surface area contributed by atoms with Gasteiger partial charge in [0.2, 0.25) is 5.88 Å². The number of amides is 1. The standard InChI is InChI=1S/C14H14N4O5/c19-14(11-3-4-13(23-11)18(20)21)17-7-1-2-10(8-17)22-12-5-6-15-9-16-12/h3-6,9-10H,1-2,7-8H2. The topological polar surface area (TPSA) is 112 Å². The number of likely N-dealkylation sites (tertiary alicyclic amines) is 1. The maximum atomic E-state index is 12.4. The zero-order valence-electron chi connectivity index (χ0n) is 12.1. The van der Waals surface area contributed by atoms with E-state index in [1.165, 1.54) is 18.5 Å². The molecule has 9 nitrogen and oxygen atoms in total. The van der Waals surface area contributed by atoms with Gasteiger partial charge < -0.3 is 14.1 Å². The third-order valence-electron chi connectivity index (χ3n) is 3.49. The molecule has 1 unspecified atom stereocenters. The number of hydrogen-bond acceptors (Lipinski definition) is 7. The Morgan fingerprint density at radius 2 is 2.30 bits per heavy atom. The first-order chi connectivity index (χ1) is 11.1. The highest BCUT2D eigenvalue weighted by atomic mass is 16.6. The maximum Gasteiger partial charge on any atom is 0.433 e. The van der Waals surface area contributed by atoms with Crippen LogP contribution in [0.4, 0.5) is 5.88 Å². The van der Waals surface area contributed by atoms with Crippen LogP contribution in [-0.2, 0) is 0 Å². The van der Waals surface area contributed by atoms with E-state index in [1.807, 2.05) is 0 Å². The molecule has 1 atom stereocenters. The number of nitro groups is 1. The predicted octanol–water partition coefficient (Wildman–Crippen LogP) is 1.66. The van der Waals surface area contributed by atoms with Crippen molar-refractivity contribution in [2.24, 2.45) is 0 Å². The van der Waals surface area contributed by atoms with Gasteiger partial charge in [-0.1, -0.05) is 0 Å². The van der Waals surface area contributed by atoms with Crippen molar-refractivity contribution in [2.75, 3.05) is 13.1 Å². The number of furan rings is 1. The van der Waals surface area contributed by atoms with Crippen LogP contribution < -0.4 is 4.74 Å². The Bertz CT molecular complexity index is 702. The highest BCUT2D eigenvalue weighted by molar-refractivity contribution is 5.91. The number of hydrogen-bond donors (Lipinski definition) is 0. The molecule has 3 heterocycles. The second kappa shape index (κ2) is 6.42. The Hall–Kier alpha value is -2.97. The van der Waals surface area contributed by atoms with Crippen LogP contribution in [0.1, 0.15) is 23.4 Å². The lowest BCUT2D eigenvalue weighted by Gasteiger charge is -2.31. The van der Waals surface area contributed by atoms with Gasteiger partial charge in [-0.2, -0.15) is 0 Å². The summed E-state index contributed by atoms with van der Waals surface area (Å²) < 4.78 is 10.7. The van der Waals surface area contributed by atoms with Crippen molar-refractivity contribution >= 4 is 11.8 Å². The molecule has 120 valence electrons. The molecule has 9 heteroatoms. The van der Waals surface area contributed by atoms with Crippen LogP contribution in [0.25, 0.3) is 0 Å². The fraction of sp³-hybridized carbons (Fsp3) is 0.357. The van der Waals surface area contributed by atoms with Crippen molar-refractivity contribution in [3.63, 3.8) is 0 Å². The molecule has 3 rings (SSSR count). The monoisotopic (exact) mass is 318 g/mol. The summed E-state index contributed by atoms with van der Waals surface area (Å²) in [6.07, 6.45) is 4.35. The van der Waals surface area contributed by atoms with E-state index in [0.717, 1.165) is 12.8 Å². The van der Waals surface area contributed by atoms with Crippen molar-refractivity contribution in [3.05, 3.63) is 46.6 Å². The smallest absolute Gasteiger partial charge is 0.433 e. The number of carbonyl (C=O) groups excluding carboxylic acids is 1. The van der Waals surface area contributed by atoms with E-state index >= 15 is 0 Å². The first kappa shape index (κ1) is 14.9. The largest absolute Gasteiger partial charge is 0.472 e. The molecule has 0 aromatic carbocycles. The Morgan fingerprint density at radius 3 is 3.00 bits per heavy atom. The van der Waals surface area contributed by atoms with Crippen LogP contribution >= 0.6 is 0 Å². The summed E-state index contributed by atoms with van der Waals surface area (Å²) in [5.41, 5.74) is 0. The maximum absolute atomic E-state index is 12.4. The van der Waals surface area contributed by atoms with Gasteiger partial charge in [0.05, 0.1) is 12.6 Å². The fourth-order valence-corrected chi connectivity index (χ4v) is 2.43. The summed E-state index contributed by atoms with van der Waals surface area (Å²) in [6.45, 7) is 0.925. The van der Waals surface area contributed by atoms with E-state index in [4.69, 9.17) is 9.15 Å². The number of nitrogens with zero attached hydrogens (tertiary/aromatic N) is 4. The molecule has 0 saturated carbocycles. The van der Waals surface area contributed by atoms with Crippen molar-refractivity contribution in [3.8, 4) is 5.88 Å². The second-order valence-corrected chi connectivity index (χ2v) is 5.08. The molecule has 2 aromatic heterocycles. The van der Waals surface area contributed by atoms with Crippen molar-refractivity contribution < 1.29 is 18.9 Å². The summed E-state index contributed by atoms with van der Waals surface area (Å²) >= 11 is 0. The molecule has 1 aliphatic rings. The zero-order chi connectivity index (χ0) is 16.2. The highest BCUT2D eigenvalue weighted by Gasteiger charge is 2.28. The lowest BCUT2D eigenvalue weighted by Crippen LogP contribution is -2.44. The van der Waals surface area contributed by atoms with Crippen LogP contribution in [-0.4, -0.2) is 44.9 Å². The Morgan fingerprint density at radius 1 is 1.43 bits per heavy atom. The van der Waals surface area contributed by atoms with E-state index < -0.39 is 10.8 Å². The van der Waals surface area contributed by atoms with Crippen LogP contribution in [0.5, 0.6) is 5.88 Å². The molecule has 0 spiro atoms. The highest BCUT2D eigenvalue weighted by Crippen LogP contribution is 2.21. The lowest BCUT2D eigenvalue weighted by molar-refractivity contribution is -0.402. The number of carbonyl (C=O) groups is 1. The predicted molar refractivity (Wildman–Crippen MR) is 76.9 cm³/mol. The molecule has 1 fully saturated rings. The second-order valence-electron chi connectivity index (χ2n) is 5.08. The van der Waals surface area contributed by atoms with E-state index in [0.29, 0.717) is 19.0 Å². The van der Waals surface area contributed by atoms with Gasteiger partial charge in [-0.15, -0.1) is 0 Å². The van der Waals surface area contributed by atoms with Crippen molar-refractivity contribution in [2.45, 2.75) is 18.9 Å². The van der Waals surface area contributed by atoms with Gasteiger partial charge in [-0.3, -0.25) is 14.9 Å². The Kier molecular flexibility index (Phi) is 4.18. The number of ether oxygens (including phenoxy) is 1. The molecule has 0 N–H and O–H groups in total. The van der Waals surface area contributed by atoms with E-state index in [9.17, 15) is 14.9 Å². The van der Waals surface area contributed by atoms with Crippen molar-refractivity contribution in [1.82, 2.24) is 14.9 Å². The average Bonchev–Trinajstić information content (AvgIpc) is 3.06. The molecule has 0 bridgehead atoms. The minimum absolute atomic E-state index is 0.0422. The lowest BCUT2D eigenvalue weighted by atomic mass is 10.1. The summed E-state index contributed by atoms with van der Waals surface area (Å²) in [7, 11) is 0. The summed E-state index contributed by atoms with van der Waals surface area (Å²) in [5.74, 6) is -0.416. The summed E-state index contributed by atoms with van der Waals surface area (Å²) in [5, 5.41) is 10.6. The van der Waals surface area contributed by atoms with Gasteiger partial charge in [0, 0.05) is 18.8 Å². The minimum atomic E-state index is -0.673. The third kappa shape index (κ3) is 3.44. The van der Waals surface area contributed by atoms with Gasteiger partial charge in [-0.25, -0.2) is 9.97 Å². The zero-order valence-corrected chi connectivity index (χ0v) is 12.1. The molecular formula is C14H14N4O5. The van der Waals surface area contributed by atoms with E-state index in [1.54, 1.807) is 17.2 Å². The van der Waals surface area contributed by atoms with E-state index in [-0.39, 0.29) is 17.8 Å². The van der Waals surface area contributed by atoms with Gasteiger partial charge >= 0.3 is 5.88 Å². The summed E-state index contributed by atoms with van der Waals surface area (Å²) in [4.78, 5) is 31.7. The van der Waals surface area contributed by atoms with Crippen LogP contribution in [0, 0.1) is 10.1 Å². The molecule has 23 heavy (non-hydrogen) atoms. The first-order valence-corrected chi connectivity index (χ1v) is 7.09. The SMILES string of the molecule is O=C(c1ccc([N+](=O)[O-])o1)N1CCCC(Oc2ccncn2)C1. The molecule has 0 aliphatic carbocycles. The normalized spacial score (nSPS) is 17.7.